The number of hydrogen-bond donors (Lipinski definition) is 2. The van der Waals surface area contributed by atoms with Gasteiger partial charge in [-0.1, -0.05) is 0 Å². The summed E-state index contributed by atoms with van der Waals surface area (Å²) in [5.41, 5.74) is 8.15. The Labute approximate surface area is 112 Å². The number of carbonyl (C=O) groups is 1. The molecule has 3 rings (SSSR count). The molecule has 0 radical (unpaired) electrons. The van der Waals surface area contributed by atoms with Crippen molar-refractivity contribution in [2.75, 3.05) is 39.0 Å². The summed E-state index contributed by atoms with van der Waals surface area (Å²) < 4.78 is 0. The molecule has 0 aliphatic carbocycles. The fourth-order valence-electron chi connectivity index (χ4n) is 2.50. The quantitative estimate of drug-likeness (QED) is 0.754. The number of aromatic amines is 1. The van der Waals surface area contributed by atoms with Crippen LogP contribution >= 0.6 is 0 Å². The van der Waals surface area contributed by atoms with Crippen molar-refractivity contribution in [2.24, 2.45) is 0 Å². The van der Waals surface area contributed by atoms with E-state index in [2.05, 4.69) is 16.9 Å². The number of nitrogens with two attached hydrogens (primary N) is 1. The molecule has 0 saturated carbocycles. The third-order valence-electron chi connectivity index (χ3n) is 3.73. The van der Waals surface area contributed by atoms with Gasteiger partial charge in [0, 0.05) is 49.0 Å². The van der Waals surface area contributed by atoms with Crippen LogP contribution in [0, 0.1) is 0 Å². The first kappa shape index (κ1) is 12.0. The molecular formula is C14H18N4O. The SMILES string of the molecule is CN1CCN(C(=O)c2c[nH]c3ccc(N)cc23)CC1. The maximum Gasteiger partial charge on any atom is 0.256 e. The van der Waals surface area contributed by atoms with Gasteiger partial charge in [-0.2, -0.15) is 0 Å². The van der Waals surface area contributed by atoms with E-state index in [1.165, 1.54) is 0 Å². The van der Waals surface area contributed by atoms with E-state index in [0.29, 0.717) is 11.3 Å². The number of amides is 1. The lowest BCUT2D eigenvalue weighted by atomic mass is 10.1. The van der Waals surface area contributed by atoms with Crippen LogP contribution in [0.25, 0.3) is 10.9 Å². The number of rotatable bonds is 1. The molecule has 1 amide bonds. The van der Waals surface area contributed by atoms with Crippen LogP contribution in [0.4, 0.5) is 5.69 Å². The molecule has 1 aliphatic rings. The Bertz CT molecular complexity index is 611. The lowest BCUT2D eigenvalue weighted by Gasteiger charge is -2.32. The summed E-state index contributed by atoms with van der Waals surface area (Å²) in [6.45, 7) is 3.42. The first-order chi connectivity index (χ1) is 9.15. The summed E-state index contributed by atoms with van der Waals surface area (Å²) in [6.07, 6.45) is 1.78. The summed E-state index contributed by atoms with van der Waals surface area (Å²) in [5, 5.41) is 0.906. The first-order valence-corrected chi connectivity index (χ1v) is 6.49. The Kier molecular flexibility index (Phi) is 2.91. The van der Waals surface area contributed by atoms with E-state index < -0.39 is 0 Å². The zero-order valence-electron chi connectivity index (χ0n) is 11.0. The number of fused-ring (bicyclic) bond motifs is 1. The highest BCUT2D eigenvalue weighted by Crippen LogP contribution is 2.22. The third-order valence-corrected chi connectivity index (χ3v) is 3.73. The van der Waals surface area contributed by atoms with Crippen molar-refractivity contribution >= 4 is 22.5 Å². The minimum Gasteiger partial charge on any atom is -0.399 e. The third kappa shape index (κ3) is 2.17. The number of nitrogen functional groups attached to an aromatic ring is 1. The van der Waals surface area contributed by atoms with Crippen LogP contribution in [0.5, 0.6) is 0 Å². The smallest absolute Gasteiger partial charge is 0.256 e. The predicted octanol–water partition coefficient (Wildman–Crippen LogP) is 1.14. The topological polar surface area (TPSA) is 65.4 Å². The lowest BCUT2D eigenvalue weighted by Crippen LogP contribution is -2.47. The molecule has 1 aromatic heterocycles. The fourth-order valence-corrected chi connectivity index (χ4v) is 2.50. The maximum atomic E-state index is 12.5. The molecule has 1 saturated heterocycles. The molecule has 3 N–H and O–H groups in total. The standard InChI is InChI=1S/C14H18N4O/c1-17-4-6-18(7-5-17)14(19)12-9-16-13-3-2-10(15)8-11(12)13/h2-3,8-9,16H,4-7,15H2,1H3. The highest BCUT2D eigenvalue weighted by atomic mass is 16.2. The van der Waals surface area contributed by atoms with Crippen molar-refractivity contribution in [3.8, 4) is 0 Å². The molecule has 1 aliphatic heterocycles. The zero-order chi connectivity index (χ0) is 13.4. The predicted molar refractivity (Wildman–Crippen MR) is 76.1 cm³/mol. The van der Waals surface area contributed by atoms with Crippen LogP contribution in [-0.2, 0) is 0 Å². The van der Waals surface area contributed by atoms with E-state index in [1.807, 2.05) is 23.1 Å². The molecule has 0 unspecified atom stereocenters. The number of nitrogens with one attached hydrogen (secondary N) is 1. The highest BCUT2D eigenvalue weighted by molar-refractivity contribution is 6.07. The van der Waals surface area contributed by atoms with E-state index in [9.17, 15) is 4.79 Å². The molecule has 2 aromatic rings. The summed E-state index contributed by atoms with van der Waals surface area (Å²) in [4.78, 5) is 19.8. The summed E-state index contributed by atoms with van der Waals surface area (Å²) in [7, 11) is 2.08. The number of aromatic nitrogens is 1. The van der Waals surface area contributed by atoms with E-state index >= 15 is 0 Å². The number of likely N-dealkylation sites (N-methyl/N-ethyl adjacent to an activating group) is 1. The van der Waals surface area contributed by atoms with E-state index in [4.69, 9.17) is 5.73 Å². The molecular weight excluding hydrogens is 240 g/mol. The van der Waals surface area contributed by atoms with Gasteiger partial charge in [-0.15, -0.1) is 0 Å². The van der Waals surface area contributed by atoms with Crippen LogP contribution in [0.2, 0.25) is 0 Å². The zero-order valence-corrected chi connectivity index (χ0v) is 11.0. The van der Waals surface area contributed by atoms with Crippen molar-refractivity contribution < 1.29 is 4.79 Å². The van der Waals surface area contributed by atoms with Gasteiger partial charge in [0.15, 0.2) is 0 Å². The minimum absolute atomic E-state index is 0.0879. The van der Waals surface area contributed by atoms with E-state index in [-0.39, 0.29) is 5.91 Å². The summed E-state index contributed by atoms with van der Waals surface area (Å²) in [6, 6.07) is 5.60. The van der Waals surface area contributed by atoms with Crippen molar-refractivity contribution in [1.29, 1.82) is 0 Å². The first-order valence-electron chi connectivity index (χ1n) is 6.49. The number of hydrogen-bond acceptors (Lipinski definition) is 3. The van der Waals surface area contributed by atoms with Gasteiger partial charge < -0.3 is 20.5 Å². The Morgan fingerprint density at radius 3 is 2.74 bits per heavy atom. The second-order valence-corrected chi connectivity index (χ2v) is 5.10. The van der Waals surface area contributed by atoms with Gasteiger partial charge in [-0.05, 0) is 25.2 Å². The average Bonchev–Trinajstić information content (AvgIpc) is 2.81. The van der Waals surface area contributed by atoms with Crippen LogP contribution < -0.4 is 5.73 Å². The van der Waals surface area contributed by atoms with Crippen molar-refractivity contribution in [3.05, 3.63) is 30.0 Å². The van der Waals surface area contributed by atoms with Crippen molar-refractivity contribution in [3.63, 3.8) is 0 Å². The van der Waals surface area contributed by atoms with Gasteiger partial charge in [0.1, 0.15) is 0 Å². The van der Waals surface area contributed by atoms with Gasteiger partial charge in [-0.3, -0.25) is 4.79 Å². The van der Waals surface area contributed by atoms with Crippen LogP contribution in [0.3, 0.4) is 0 Å². The van der Waals surface area contributed by atoms with Gasteiger partial charge in [0.05, 0.1) is 5.56 Å². The van der Waals surface area contributed by atoms with Gasteiger partial charge in [0.25, 0.3) is 5.91 Å². The van der Waals surface area contributed by atoms with Crippen LogP contribution in [-0.4, -0.2) is 53.9 Å². The fraction of sp³-hybridized carbons (Fsp3) is 0.357. The average molecular weight is 258 g/mol. The van der Waals surface area contributed by atoms with E-state index in [0.717, 1.165) is 37.1 Å². The van der Waals surface area contributed by atoms with Gasteiger partial charge >= 0.3 is 0 Å². The monoisotopic (exact) mass is 258 g/mol. The number of benzene rings is 1. The molecule has 2 heterocycles. The minimum atomic E-state index is 0.0879. The number of carbonyl (C=O) groups excluding carboxylic acids is 1. The maximum absolute atomic E-state index is 12.5. The molecule has 5 nitrogen and oxygen atoms in total. The summed E-state index contributed by atoms with van der Waals surface area (Å²) >= 11 is 0. The molecule has 19 heavy (non-hydrogen) atoms. The largest absolute Gasteiger partial charge is 0.399 e. The molecule has 100 valence electrons. The molecule has 0 bridgehead atoms. The Morgan fingerprint density at radius 1 is 1.26 bits per heavy atom. The molecule has 0 spiro atoms. The lowest BCUT2D eigenvalue weighted by molar-refractivity contribution is 0.0666. The molecule has 1 aromatic carbocycles. The highest BCUT2D eigenvalue weighted by Gasteiger charge is 2.22. The number of anilines is 1. The molecule has 5 heteroatoms. The van der Waals surface area contributed by atoms with Crippen molar-refractivity contribution in [2.45, 2.75) is 0 Å². The Morgan fingerprint density at radius 2 is 2.00 bits per heavy atom. The summed E-state index contributed by atoms with van der Waals surface area (Å²) in [5.74, 6) is 0.0879. The number of H-pyrrole nitrogens is 1. The molecule has 0 atom stereocenters. The van der Waals surface area contributed by atoms with Gasteiger partial charge in [0.2, 0.25) is 0 Å². The normalized spacial score (nSPS) is 17.0. The second kappa shape index (κ2) is 4.59. The van der Waals surface area contributed by atoms with E-state index in [1.54, 1.807) is 6.20 Å². The second-order valence-electron chi connectivity index (χ2n) is 5.10. The number of nitrogens with zero attached hydrogens (tertiary/aromatic N) is 2. The molecule has 1 fully saturated rings. The van der Waals surface area contributed by atoms with Crippen LogP contribution in [0.15, 0.2) is 24.4 Å². The Balaban J connectivity index is 1.91. The number of piperazine rings is 1. The van der Waals surface area contributed by atoms with Crippen LogP contribution in [0.1, 0.15) is 10.4 Å². The Hall–Kier alpha value is -2.01. The van der Waals surface area contributed by atoms with Crippen molar-refractivity contribution in [1.82, 2.24) is 14.8 Å². The van der Waals surface area contributed by atoms with Gasteiger partial charge in [-0.25, -0.2) is 0 Å².